The first-order valence-corrected chi connectivity index (χ1v) is 14.1. The standard InChI is InChI=1S/C24H42O21/c25-1-5-9(28)12(31)16(35)21(40-5)39-4-8-11(30)14(33)18(37)23(43-8)45-24-19(38)15(34)20(7(3-27)42-24)44-22-17(36)13(32)10(29)6(2-26)41-22/h5-38H,1-4H2/t5-,6-,7-,8-,9+,10-,11-,12+,13+,14+,15-,16-,17-,18-,19-,20-,21+,22-,23-,24-/m1/s1. The summed E-state index contributed by atoms with van der Waals surface area (Å²) >= 11 is 0. The van der Waals surface area contributed by atoms with Gasteiger partial charge in [-0.2, -0.15) is 0 Å². The Balaban J connectivity index is 1.40. The Kier molecular flexibility index (Phi) is 12.8. The summed E-state index contributed by atoms with van der Waals surface area (Å²) in [7, 11) is 0. The minimum absolute atomic E-state index is 0.682. The minimum atomic E-state index is -2.02. The summed E-state index contributed by atoms with van der Waals surface area (Å²) in [6.45, 7) is -3.10. The van der Waals surface area contributed by atoms with E-state index in [2.05, 4.69) is 0 Å². The summed E-state index contributed by atoms with van der Waals surface area (Å²) in [6.07, 6.45) is -35.0. The lowest BCUT2D eigenvalue weighted by molar-refractivity contribution is -0.394. The third-order valence-electron chi connectivity index (χ3n) is 8.17. The molecule has 21 heteroatoms. The lowest BCUT2D eigenvalue weighted by Crippen LogP contribution is -2.66. The van der Waals surface area contributed by atoms with Crippen LogP contribution >= 0.6 is 0 Å². The molecule has 264 valence electrons. The van der Waals surface area contributed by atoms with E-state index in [9.17, 15) is 71.5 Å². The van der Waals surface area contributed by atoms with Crippen molar-refractivity contribution in [3.05, 3.63) is 0 Å². The molecule has 21 nitrogen and oxygen atoms in total. The second kappa shape index (κ2) is 15.6. The van der Waals surface area contributed by atoms with Crippen molar-refractivity contribution in [2.45, 2.75) is 123 Å². The molecule has 4 rings (SSSR count). The number of hydrogen-bond acceptors (Lipinski definition) is 21. The van der Waals surface area contributed by atoms with Gasteiger partial charge in [-0.05, 0) is 0 Å². The van der Waals surface area contributed by atoms with Crippen molar-refractivity contribution in [2.24, 2.45) is 0 Å². The van der Waals surface area contributed by atoms with Gasteiger partial charge in [-0.1, -0.05) is 0 Å². The molecule has 0 unspecified atom stereocenters. The Bertz CT molecular complexity index is 908. The molecular formula is C24H42O21. The summed E-state index contributed by atoms with van der Waals surface area (Å²) < 4.78 is 37.6. The Morgan fingerprint density at radius 1 is 0.356 bits per heavy atom. The first-order chi connectivity index (χ1) is 21.2. The predicted octanol–water partition coefficient (Wildman–Crippen LogP) is -9.75. The van der Waals surface area contributed by atoms with E-state index in [4.69, 9.17) is 33.2 Å². The van der Waals surface area contributed by atoms with Crippen molar-refractivity contribution in [1.82, 2.24) is 0 Å². The van der Waals surface area contributed by atoms with Crippen LogP contribution in [-0.4, -0.2) is 221 Å². The van der Waals surface area contributed by atoms with Crippen molar-refractivity contribution in [3.8, 4) is 0 Å². The van der Waals surface area contributed by atoms with E-state index in [1.165, 1.54) is 0 Å². The van der Waals surface area contributed by atoms with E-state index in [-0.39, 0.29) is 0 Å². The molecule has 0 aromatic heterocycles. The van der Waals surface area contributed by atoms with E-state index in [0.717, 1.165) is 0 Å². The highest BCUT2D eigenvalue weighted by Gasteiger charge is 2.53. The molecule has 4 fully saturated rings. The zero-order valence-corrected chi connectivity index (χ0v) is 23.5. The van der Waals surface area contributed by atoms with E-state index in [0.29, 0.717) is 0 Å². The van der Waals surface area contributed by atoms with Crippen LogP contribution in [0.5, 0.6) is 0 Å². The van der Waals surface area contributed by atoms with Gasteiger partial charge in [-0.3, -0.25) is 0 Å². The Morgan fingerprint density at radius 3 is 1.20 bits per heavy atom. The molecule has 0 amide bonds. The van der Waals surface area contributed by atoms with Crippen LogP contribution in [0, 0.1) is 0 Å². The maximum atomic E-state index is 10.8. The lowest BCUT2D eigenvalue weighted by Gasteiger charge is -2.47. The molecule has 0 aromatic rings. The van der Waals surface area contributed by atoms with E-state index < -0.39 is 149 Å². The molecule has 0 radical (unpaired) electrons. The number of hydrogen-bond donors (Lipinski definition) is 14. The molecular weight excluding hydrogens is 624 g/mol. The maximum absolute atomic E-state index is 10.8. The molecule has 14 N–H and O–H groups in total. The topological polar surface area (TPSA) is 348 Å². The van der Waals surface area contributed by atoms with Gasteiger partial charge in [0.15, 0.2) is 25.2 Å². The number of rotatable bonds is 10. The third-order valence-corrected chi connectivity index (χ3v) is 8.17. The molecule has 0 bridgehead atoms. The molecule has 4 saturated heterocycles. The van der Waals surface area contributed by atoms with E-state index in [1.807, 2.05) is 0 Å². The zero-order chi connectivity index (χ0) is 33.3. The fraction of sp³-hybridized carbons (Fsp3) is 1.00. The average Bonchev–Trinajstić information content (AvgIpc) is 3.03. The Morgan fingerprint density at radius 2 is 0.711 bits per heavy atom. The van der Waals surface area contributed by atoms with E-state index >= 15 is 0 Å². The number of aliphatic hydroxyl groups excluding tert-OH is 14. The molecule has 4 heterocycles. The molecule has 0 spiro atoms. The van der Waals surface area contributed by atoms with Gasteiger partial charge in [-0.15, -0.1) is 0 Å². The van der Waals surface area contributed by atoms with Crippen LogP contribution in [0.25, 0.3) is 0 Å². The quantitative estimate of drug-likeness (QED) is 0.103. The molecule has 20 atom stereocenters. The van der Waals surface area contributed by atoms with Crippen molar-refractivity contribution in [3.63, 3.8) is 0 Å². The highest BCUT2D eigenvalue weighted by molar-refractivity contribution is 4.96. The number of ether oxygens (including phenoxy) is 7. The van der Waals surface area contributed by atoms with Crippen molar-refractivity contribution >= 4 is 0 Å². The summed E-state index contributed by atoms with van der Waals surface area (Å²) in [6, 6.07) is 0. The van der Waals surface area contributed by atoms with Crippen LogP contribution in [0.2, 0.25) is 0 Å². The first kappa shape index (κ1) is 37.0. The van der Waals surface area contributed by atoms with Crippen molar-refractivity contribution < 1.29 is 105 Å². The summed E-state index contributed by atoms with van der Waals surface area (Å²) in [4.78, 5) is 0. The van der Waals surface area contributed by atoms with Gasteiger partial charge >= 0.3 is 0 Å². The SMILES string of the molecule is OC[C@H]1O[C@H](OC[C@H]2O[C@H](O[C@H]3O[C@H](CO)[C@@H](O[C@H]4O[C@H](CO)[C@@H](O)[C@H](O)[C@H]4O)[C@H](O)[C@H]3O)[C@H](O)[C@@H](O)[C@@H]2O)[C@H](O)[C@@H](O)[C@H]1O. The van der Waals surface area contributed by atoms with Crippen LogP contribution in [0.4, 0.5) is 0 Å². The van der Waals surface area contributed by atoms with Crippen LogP contribution < -0.4 is 0 Å². The van der Waals surface area contributed by atoms with Crippen LogP contribution in [0.1, 0.15) is 0 Å². The monoisotopic (exact) mass is 666 g/mol. The van der Waals surface area contributed by atoms with Gasteiger partial charge in [0.25, 0.3) is 0 Å². The van der Waals surface area contributed by atoms with Crippen LogP contribution in [0.3, 0.4) is 0 Å². The minimum Gasteiger partial charge on any atom is -0.394 e. The highest BCUT2D eigenvalue weighted by atomic mass is 16.8. The molecule has 4 aliphatic heterocycles. The fourth-order valence-corrected chi connectivity index (χ4v) is 5.36. The fourth-order valence-electron chi connectivity index (χ4n) is 5.36. The van der Waals surface area contributed by atoms with Gasteiger partial charge in [0, 0.05) is 0 Å². The van der Waals surface area contributed by atoms with Gasteiger partial charge in [-0.25, -0.2) is 0 Å². The number of aliphatic hydroxyl groups is 14. The smallest absolute Gasteiger partial charge is 0.189 e. The second-order valence-electron chi connectivity index (χ2n) is 11.2. The van der Waals surface area contributed by atoms with Gasteiger partial charge in [0.1, 0.15) is 97.7 Å². The highest BCUT2D eigenvalue weighted by Crippen LogP contribution is 2.32. The normalized spacial score (nSPS) is 52.9. The Hall–Kier alpha value is -0.840. The molecule has 0 aliphatic carbocycles. The molecule has 4 aliphatic rings. The summed E-state index contributed by atoms with van der Waals surface area (Å²) in [5.41, 5.74) is 0. The summed E-state index contributed by atoms with van der Waals surface area (Å²) in [5, 5.41) is 142. The van der Waals surface area contributed by atoms with Crippen molar-refractivity contribution in [2.75, 3.05) is 26.4 Å². The third kappa shape index (κ3) is 7.59. The molecule has 45 heavy (non-hydrogen) atoms. The Labute approximate surface area is 254 Å². The summed E-state index contributed by atoms with van der Waals surface area (Å²) in [5.74, 6) is 0. The first-order valence-electron chi connectivity index (χ1n) is 14.1. The van der Waals surface area contributed by atoms with Gasteiger partial charge < -0.3 is 105 Å². The predicted molar refractivity (Wildman–Crippen MR) is 134 cm³/mol. The average molecular weight is 667 g/mol. The zero-order valence-electron chi connectivity index (χ0n) is 23.5. The lowest BCUT2D eigenvalue weighted by atomic mass is 9.96. The van der Waals surface area contributed by atoms with E-state index in [1.54, 1.807) is 0 Å². The molecule has 0 aromatic carbocycles. The van der Waals surface area contributed by atoms with Crippen LogP contribution in [0.15, 0.2) is 0 Å². The van der Waals surface area contributed by atoms with Gasteiger partial charge in [0.05, 0.1) is 26.4 Å². The second-order valence-corrected chi connectivity index (χ2v) is 11.2. The van der Waals surface area contributed by atoms with Crippen molar-refractivity contribution in [1.29, 1.82) is 0 Å². The largest absolute Gasteiger partial charge is 0.394 e. The molecule has 0 saturated carbocycles. The van der Waals surface area contributed by atoms with Crippen LogP contribution in [-0.2, 0) is 33.2 Å². The maximum Gasteiger partial charge on any atom is 0.189 e. The van der Waals surface area contributed by atoms with Gasteiger partial charge in [0.2, 0.25) is 0 Å².